The van der Waals surface area contributed by atoms with E-state index < -0.39 is 10.0 Å². The average Bonchev–Trinajstić information content (AvgIpc) is 2.81. The van der Waals surface area contributed by atoms with Crippen molar-refractivity contribution in [2.45, 2.75) is 32.2 Å². The van der Waals surface area contributed by atoms with Crippen LogP contribution in [0.2, 0.25) is 0 Å². The molecule has 7 nitrogen and oxygen atoms in total. The molecule has 0 aliphatic heterocycles. The van der Waals surface area contributed by atoms with E-state index in [0.29, 0.717) is 32.2 Å². The number of hydrogen-bond donors (Lipinski definition) is 2. The molecule has 0 saturated heterocycles. The van der Waals surface area contributed by atoms with Gasteiger partial charge >= 0.3 is 0 Å². The first-order valence-electron chi connectivity index (χ1n) is 6.84. The van der Waals surface area contributed by atoms with E-state index in [0.717, 1.165) is 0 Å². The summed E-state index contributed by atoms with van der Waals surface area (Å²) in [5, 5.41) is 7.76. The fourth-order valence-corrected chi connectivity index (χ4v) is 2.29. The molecule has 1 rings (SSSR count). The number of carbonyl (C=O) groups is 1. The molecule has 0 bridgehead atoms. The van der Waals surface area contributed by atoms with E-state index in [2.05, 4.69) is 5.32 Å². The summed E-state index contributed by atoms with van der Waals surface area (Å²) >= 11 is 0. The molecule has 1 amide bonds. The van der Waals surface area contributed by atoms with Crippen molar-refractivity contribution in [1.82, 2.24) is 9.88 Å². The van der Waals surface area contributed by atoms with Crippen molar-refractivity contribution < 1.29 is 17.9 Å². The van der Waals surface area contributed by atoms with Gasteiger partial charge in [-0.25, -0.2) is 13.6 Å². The third-order valence-corrected chi connectivity index (χ3v) is 3.64. The van der Waals surface area contributed by atoms with Gasteiger partial charge in [0, 0.05) is 25.9 Å². The van der Waals surface area contributed by atoms with Gasteiger partial charge in [-0.2, -0.15) is 0 Å². The molecule has 0 aliphatic carbocycles. The first-order valence-corrected chi connectivity index (χ1v) is 8.39. The number of nitrogens with one attached hydrogen (secondary N) is 1. The van der Waals surface area contributed by atoms with Gasteiger partial charge in [0.05, 0.1) is 6.61 Å². The van der Waals surface area contributed by atoms with Gasteiger partial charge in [0.15, 0.2) is 0 Å². The van der Waals surface area contributed by atoms with Crippen LogP contribution in [0.1, 0.15) is 31.3 Å². The summed E-state index contributed by atoms with van der Waals surface area (Å²) in [6.45, 7) is 7.79. The lowest BCUT2D eigenvalue weighted by atomic mass is 10.2. The van der Waals surface area contributed by atoms with Crippen molar-refractivity contribution in [3.05, 3.63) is 18.0 Å². The van der Waals surface area contributed by atoms with Crippen molar-refractivity contribution in [3.63, 3.8) is 0 Å². The van der Waals surface area contributed by atoms with Crippen LogP contribution in [0.15, 0.2) is 17.2 Å². The Balaban J connectivity index is 2.63. The summed E-state index contributed by atoms with van der Waals surface area (Å²) in [6.07, 6.45) is 1.36. The highest BCUT2D eigenvalue weighted by Gasteiger charge is 2.18. The maximum Gasteiger partial charge on any atom is 0.268 e. The molecule has 0 aromatic carbocycles. The lowest BCUT2D eigenvalue weighted by Gasteiger charge is -2.09. The van der Waals surface area contributed by atoms with Crippen LogP contribution in [0.25, 0.3) is 0 Å². The van der Waals surface area contributed by atoms with Gasteiger partial charge in [0.1, 0.15) is 10.6 Å². The average molecular weight is 317 g/mol. The van der Waals surface area contributed by atoms with Gasteiger partial charge in [-0.3, -0.25) is 4.79 Å². The molecule has 0 fully saturated rings. The molecule has 1 aromatic heterocycles. The fourth-order valence-electron chi connectivity index (χ4n) is 1.74. The summed E-state index contributed by atoms with van der Waals surface area (Å²) < 4.78 is 29.5. The topological polar surface area (TPSA) is 103 Å². The van der Waals surface area contributed by atoms with Crippen molar-refractivity contribution in [1.29, 1.82) is 0 Å². The number of nitrogens with two attached hydrogens (primary N) is 1. The zero-order valence-electron chi connectivity index (χ0n) is 12.6. The van der Waals surface area contributed by atoms with E-state index in [1.54, 1.807) is 4.57 Å². The van der Waals surface area contributed by atoms with Gasteiger partial charge < -0.3 is 14.6 Å². The molecule has 0 saturated carbocycles. The van der Waals surface area contributed by atoms with Gasteiger partial charge in [-0.15, -0.1) is 0 Å². The Bertz CT molecular complexity index is 578. The minimum absolute atomic E-state index is 0.0643. The third-order valence-electron chi connectivity index (χ3n) is 2.76. The minimum atomic E-state index is -3.81. The molecule has 120 valence electrons. The molecule has 0 atom stereocenters. The van der Waals surface area contributed by atoms with Crippen molar-refractivity contribution >= 4 is 15.9 Å². The van der Waals surface area contributed by atoms with Crippen LogP contribution in [0.5, 0.6) is 0 Å². The van der Waals surface area contributed by atoms with Crippen molar-refractivity contribution in [3.8, 4) is 0 Å². The summed E-state index contributed by atoms with van der Waals surface area (Å²) in [7, 11) is -3.81. The zero-order valence-corrected chi connectivity index (χ0v) is 13.4. The second-order valence-corrected chi connectivity index (χ2v) is 6.68. The minimum Gasteiger partial charge on any atom is -0.379 e. The highest BCUT2D eigenvalue weighted by molar-refractivity contribution is 7.89. The smallest absolute Gasteiger partial charge is 0.268 e. The highest BCUT2D eigenvalue weighted by Crippen LogP contribution is 2.13. The predicted octanol–water partition coefficient (Wildman–Crippen LogP) is 0.558. The third kappa shape index (κ3) is 5.49. The van der Waals surface area contributed by atoms with Gasteiger partial charge in [0.25, 0.3) is 5.91 Å². The highest BCUT2D eigenvalue weighted by atomic mass is 32.2. The number of ether oxygens (including phenoxy) is 1. The summed E-state index contributed by atoms with van der Waals surface area (Å²) in [4.78, 5) is 12.0. The van der Waals surface area contributed by atoms with Crippen molar-refractivity contribution in [2.75, 3.05) is 19.8 Å². The van der Waals surface area contributed by atoms with E-state index in [4.69, 9.17) is 9.88 Å². The quantitative estimate of drug-likeness (QED) is 0.684. The Labute approximate surface area is 125 Å². The molecule has 1 heterocycles. The van der Waals surface area contributed by atoms with Crippen LogP contribution >= 0.6 is 0 Å². The Morgan fingerprint density at radius 1 is 1.48 bits per heavy atom. The van der Waals surface area contributed by atoms with E-state index in [9.17, 15) is 13.2 Å². The van der Waals surface area contributed by atoms with Crippen LogP contribution in [0.4, 0.5) is 0 Å². The van der Waals surface area contributed by atoms with Gasteiger partial charge in [-0.1, -0.05) is 13.8 Å². The van der Waals surface area contributed by atoms with E-state index in [-0.39, 0.29) is 16.5 Å². The van der Waals surface area contributed by atoms with Gasteiger partial charge in [-0.05, 0) is 18.9 Å². The summed E-state index contributed by atoms with van der Waals surface area (Å²) in [6, 6.07) is 1.28. The van der Waals surface area contributed by atoms with Crippen LogP contribution in [0, 0.1) is 5.92 Å². The van der Waals surface area contributed by atoms with E-state index in [1.165, 1.54) is 12.3 Å². The first kappa shape index (κ1) is 17.7. The predicted molar refractivity (Wildman–Crippen MR) is 79.5 cm³/mol. The van der Waals surface area contributed by atoms with Crippen molar-refractivity contribution in [2.24, 2.45) is 11.1 Å². The number of sulfonamides is 1. The normalized spacial score (nSPS) is 11.9. The number of nitrogens with zero attached hydrogens (tertiary/aromatic N) is 1. The van der Waals surface area contributed by atoms with Crippen LogP contribution in [-0.2, 0) is 21.3 Å². The number of aromatic nitrogens is 1. The molecule has 3 N–H and O–H groups in total. The second-order valence-electron chi connectivity index (χ2n) is 5.12. The molecule has 21 heavy (non-hydrogen) atoms. The Morgan fingerprint density at radius 3 is 2.67 bits per heavy atom. The Morgan fingerprint density at radius 2 is 2.14 bits per heavy atom. The van der Waals surface area contributed by atoms with E-state index >= 15 is 0 Å². The summed E-state index contributed by atoms with van der Waals surface area (Å²) in [5.74, 6) is 0.0928. The Hall–Kier alpha value is -1.38. The number of carbonyl (C=O) groups excluding carboxylic acids is 1. The zero-order chi connectivity index (χ0) is 16.0. The molecule has 0 aliphatic rings. The largest absolute Gasteiger partial charge is 0.379 e. The fraction of sp³-hybridized carbons (Fsp3) is 0.615. The van der Waals surface area contributed by atoms with E-state index in [1.807, 2.05) is 20.8 Å². The first-order chi connectivity index (χ1) is 9.75. The van der Waals surface area contributed by atoms with Crippen LogP contribution < -0.4 is 10.5 Å². The number of amides is 1. The van der Waals surface area contributed by atoms with Crippen LogP contribution in [0.3, 0.4) is 0 Å². The number of rotatable bonds is 8. The molecule has 1 aromatic rings. The lowest BCUT2D eigenvalue weighted by Crippen LogP contribution is -2.29. The van der Waals surface area contributed by atoms with Crippen LogP contribution in [-0.4, -0.2) is 38.7 Å². The van der Waals surface area contributed by atoms with Gasteiger partial charge in [0.2, 0.25) is 10.0 Å². The molecule has 0 unspecified atom stereocenters. The summed E-state index contributed by atoms with van der Waals surface area (Å²) in [5.41, 5.74) is 0.269. The monoisotopic (exact) mass is 317 g/mol. The lowest BCUT2D eigenvalue weighted by molar-refractivity contribution is 0.0878. The SMILES string of the molecule is CCn1cc(S(N)(=O)=O)cc1C(=O)NCCOCC(C)C. The molecule has 0 radical (unpaired) electrons. The molecular formula is C13H23N3O4S. The molecular weight excluding hydrogens is 294 g/mol. The number of primary sulfonamides is 1. The maximum atomic E-state index is 12.0. The molecule has 8 heteroatoms. The maximum absolute atomic E-state index is 12.0. The Kier molecular flexibility index (Phi) is 6.38. The molecule has 0 spiro atoms. The number of hydrogen-bond acceptors (Lipinski definition) is 4. The number of aryl methyl sites for hydroxylation is 1. The standard InChI is InChI=1S/C13H23N3O4S/c1-4-16-8-11(21(14,18)19)7-12(16)13(17)15-5-6-20-9-10(2)3/h7-8,10H,4-6,9H2,1-3H3,(H,15,17)(H2,14,18,19). The second kappa shape index (κ2) is 7.58.